The minimum absolute atomic E-state index is 0.0350. The van der Waals surface area contributed by atoms with Crippen LogP contribution in [-0.2, 0) is 23.9 Å². The van der Waals surface area contributed by atoms with E-state index in [1.165, 1.54) is 29.2 Å². The van der Waals surface area contributed by atoms with Gasteiger partial charge in [-0.1, -0.05) is 20.8 Å². The van der Waals surface area contributed by atoms with E-state index in [0.29, 0.717) is 43.0 Å². The van der Waals surface area contributed by atoms with Gasteiger partial charge in [-0.05, 0) is 36.6 Å². The lowest BCUT2D eigenvalue weighted by Gasteiger charge is -2.13. The molecular weight excluding hydrogens is 551 g/mol. The number of carbonyl (C=O) groups excluding carboxylic acids is 2. The second-order valence-electron chi connectivity index (χ2n) is 9.76. The second kappa shape index (κ2) is 12.7. The third-order valence-corrected chi connectivity index (χ3v) is 6.42. The molecule has 0 saturated carbocycles. The first-order chi connectivity index (χ1) is 20.0. The van der Waals surface area contributed by atoms with Gasteiger partial charge in [0.05, 0.1) is 23.5 Å². The maximum absolute atomic E-state index is 13.7. The molecule has 0 fully saturated rings. The summed E-state index contributed by atoms with van der Waals surface area (Å²) in [6.45, 7) is 6.08. The molecule has 220 valence electrons. The number of imidazole rings is 1. The lowest BCUT2D eigenvalue weighted by Crippen LogP contribution is -2.32. The number of alkyl halides is 3. The molecule has 3 N–H and O–H groups in total. The molecule has 0 aliphatic rings. The first kappa shape index (κ1) is 30.0. The third-order valence-electron chi connectivity index (χ3n) is 6.42. The Bertz CT molecular complexity index is 1630. The number of carbonyl (C=O) groups is 2. The summed E-state index contributed by atoms with van der Waals surface area (Å²) >= 11 is 0. The molecule has 0 saturated heterocycles. The monoisotopic (exact) mass is 581 g/mol. The number of aryl methyl sites for hydroxylation is 1. The van der Waals surface area contributed by atoms with E-state index in [9.17, 15) is 22.8 Å². The zero-order chi connectivity index (χ0) is 30.4. The Morgan fingerprint density at radius 2 is 1.90 bits per heavy atom. The van der Waals surface area contributed by atoms with Crippen LogP contribution in [0.5, 0.6) is 0 Å². The van der Waals surface area contributed by atoms with E-state index in [4.69, 9.17) is 5.26 Å². The van der Waals surface area contributed by atoms with Crippen LogP contribution < -0.4 is 16.0 Å². The number of hydrogen-bond donors (Lipinski definition) is 3. The van der Waals surface area contributed by atoms with Gasteiger partial charge < -0.3 is 16.0 Å². The Labute approximate surface area is 239 Å². The maximum atomic E-state index is 13.7. The summed E-state index contributed by atoms with van der Waals surface area (Å²) < 4.78 is 43.6. The molecule has 11 nitrogen and oxygen atoms in total. The van der Waals surface area contributed by atoms with Gasteiger partial charge in [-0.25, -0.2) is 9.97 Å². The highest BCUT2D eigenvalue weighted by atomic mass is 19.4. The van der Waals surface area contributed by atoms with Crippen molar-refractivity contribution in [3.63, 3.8) is 0 Å². The molecule has 0 unspecified atom stereocenters. The van der Waals surface area contributed by atoms with E-state index in [0.717, 1.165) is 10.2 Å². The molecular formula is C28H30F3N9O2. The highest BCUT2D eigenvalue weighted by Crippen LogP contribution is 2.37. The van der Waals surface area contributed by atoms with E-state index in [2.05, 4.69) is 31.0 Å². The summed E-state index contributed by atoms with van der Waals surface area (Å²) in [5.74, 6) is -0.0696. The van der Waals surface area contributed by atoms with Gasteiger partial charge in [-0.2, -0.15) is 23.5 Å². The molecule has 0 atom stereocenters. The van der Waals surface area contributed by atoms with Crippen molar-refractivity contribution < 1.29 is 22.8 Å². The molecule has 4 aromatic rings. The van der Waals surface area contributed by atoms with Crippen LogP contribution in [0, 0.1) is 17.2 Å². The number of amides is 2. The van der Waals surface area contributed by atoms with Gasteiger partial charge in [0, 0.05) is 48.8 Å². The minimum Gasteiger partial charge on any atom is -0.356 e. The zero-order valence-electron chi connectivity index (χ0n) is 23.3. The van der Waals surface area contributed by atoms with Crippen LogP contribution in [0.1, 0.15) is 48.8 Å². The molecule has 4 rings (SSSR count). The standard InChI is InChI=1S/C28H30F3N9O2/c1-4-18-14-19(6-7-20(18)27(42)35-10-5-9-34-26(41)17(2)3)37-24-25-36-15-22(40(25)13-11-33-24)21-16-39(12-8-32)38-23(21)28(29,30)31/h6-7,11,13-17H,4-5,9-10,12H2,1-3H3,(H,33,37)(H,34,41)(H,35,42). The van der Waals surface area contributed by atoms with Gasteiger partial charge in [0.25, 0.3) is 5.91 Å². The minimum atomic E-state index is -4.73. The summed E-state index contributed by atoms with van der Waals surface area (Å²) in [7, 11) is 0. The Morgan fingerprint density at radius 3 is 2.60 bits per heavy atom. The molecule has 0 spiro atoms. The number of nitriles is 1. The van der Waals surface area contributed by atoms with Crippen molar-refractivity contribution in [1.29, 1.82) is 5.26 Å². The summed E-state index contributed by atoms with van der Waals surface area (Å²) in [5.41, 5.74) is 0.984. The van der Waals surface area contributed by atoms with Gasteiger partial charge in [-0.3, -0.25) is 18.7 Å². The van der Waals surface area contributed by atoms with Gasteiger partial charge in [0.1, 0.15) is 6.54 Å². The van der Waals surface area contributed by atoms with Crippen LogP contribution in [0.15, 0.2) is 43.0 Å². The van der Waals surface area contributed by atoms with Crippen LogP contribution in [0.2, 0.25) is 0 Å². The Morgan fingerprint density at radius 1 is 1.14 bits per heavy atom. The van der Waals surface area contributed by atoms with Crippen LogP contribution in [-0.4, -0.2) is 49.1 Å². The summed E-state index contributed by atoms with van der Waals surface area (Å²) in [6.07, 6.45) is 1.82. The summed E-state index contributed by atoms with van der Waals surface area (Å²) in [4.78, 5) is 33.1. The quantitative estimate of drug-likeness (QED) is 0.224. The van der Waals surface area contributed by atoms with Crippen molar-refractivity contribution in [2.24, 2.45) is 5.92 Å². The first-order valence-corrected chi connectivity index (χ1v) is 13.3. The van der Waals surface area contributed by atoms with Crippen molar-refractivity contribution in [3.8, 4) is 17.3 Å². The Balaban J connectivity index is 1.52. The number of fused-ring (bicyclic) bond motifs is 1. The maximum Gasteiger partial charge on any atom is 0.435 e. The molecule has 2 amide bonds. The second-order valence-corrected chi connectivity index (χ2v) is 9.76. The van der Waals surface area contributed by atoms with Crippen LogP contribution >= 0.6 is 0 Å². The number of nitrogens with zero attached hydrogens (tertiary/aromatic N) is 6. The molecule has 0 aliphatic carbocycles. The summed E-state index contributed by atoms with van der Waals surface area (Å²) in [6, 6.07) is 6.99. The lowest BCUT2D eigenvalue weighted by molar-refractivity contribution is -0.141. The first-order valence-electron chi connectivity index (χ1n) is 13.3. The summed E-state index contributed by atoms with van der Waals surface area (Å²) in [5, 5.41) is 21.3. The Kier molecular flexibility index (Phi) is 9.09. The molecule has 0 radical (unpaired) electrons. The van der Waals surface area contributed by atoms with Crippen molar-refractivity contribution in [3.05, 3.63) is 59.8 Å². The van der Waals surface area contributed by atoms with Crippen LogP contribution in [0.4, 0.5) is 24.7 Å². The number of anilines is 2. The topological polar surface area (TPSA) is 142 Å². The van der Waals surface area contributed by atoms with Crippen molar-refractivity contribution in [1.82, 2.24) is 34.8 Å². The average Bonchev–Trinajstić information content (AvgIpc) is 3.57. The van der Waals surface area contributed by atoms with Crippen LogP contribution in [0.3, 0.4) is 0 Å². The molecule has 0 bridgehead atoms. The van der Waals surface area contributed by atoms with Gasteiger partial charge in [0.2, 0.25) is 5.91 Å². The number of halogens is 3. The number of aromatic nitrogens is 5. The molecule has 3 aromatic heterocycles. The van der Waals surface area contributed by atoms with E-state index < -0.39 is 11.9 Å². The number of rotatable bonds is 11. The van der Waals surface area contributed by atoms with Crippen molar-refractivity contribution in [2.45, 2.75) is 46.3 Å². The molecule has 3 heterocycles. The lowest BCUT2D eigenvalue weighted by atomic mass is 10.0. The highest BCUT2D eigenvalue weighted by Gasteiger charge is 2.38. The SMILES string of the molecule is CCc1cc(Nc2nccn3c(-c4cn(CC#N)nc4C(F)(F)F)cnc23)ccc1C(=O)NCCCNC(=O)C(C)C. The molecule has 0 aliphatic heterocycles. The third kappa shape index (κ3) is 6.68. The molecule has 1 aromatic carbocycles. The largest absolute Gasteiger partial charge is 0.435 e. The van der Waals surface area contributed by atoms with E-state index in [1.54, 1.807) is 24.3 Å². The van der Waals surface area contributed by atoms with E-state index in [-0.39, 0.29) is 41.2 Å². The fourth-order valence-corrected chi connectivity index (χ4v) is 4.30. The van der Waals surface area contributed by atoms with E-state index in [1.807, 2.05) is 20.8 Å². The fourth-order valence-electron chi connectivity index (χ4n) is 4.30. The van der Waals surface area contributed by atoms with Crippen molar-refractivity contribution >= 4 is 29.0 Å². The van der Waals surface area contributed by atoms with Gasteiger partial charge >= 0.3 is 6.18 Å². The normalized spacial score (nSPS) is 11.5. The van der Waals surface area contributed by atoms with E-state index >= 15 is 0 Å². The average molecular weight is 582 g/mol. The van der Waals surface area contributed by atoms with Crippen molar-refractivity contribution in [2.75, 3.05) is 18.4 Å². The zero-order valence-corrected chi connectivity index (χ0v) is 23.3. The smallest absolute Gasteiger partial charge is 0.356 e. The molecule has 42 heavy (non-hydrogen) atoms. The predicted octanol–water partition coefficient (Wildman–Crippen LogP) is 4.33. The van der Waals surface area contributed by atoms with Gasteiger partial charge in [-0.15, -0.1) is 0 Å². The fraction of sp³-hybridized carbons (Fsp3) is 0.357. The van der Waals surface area contributed by atoms with Crippen LogP contribution in [0.25, 0.3) is 16.9 Å². The highest BCUT2D eigenvalue weighted by molar-refractivity contribution is 5.96. The number of benzene rings is 1. The Hall–Kier alpha value is -4.93. The number of nitrogens with one attached hydrogen (secondary N) is 3. The predicted molar refractivity (Wildman–Crippen MR) is 149 cm³/mol. The molecule has 14 heteroatoms. The number of hydrogen-bond acceptors (Lipinski definition) is 7. The van der Waals surface area contributed by atoms with Gasteiger partial charge in [0.15, 0.2) is 17.2 Å².